The summed E-state index contributed by atoms with van der Waals surface area (Å²) in [5.41, 5.74) is 0. The van der Waals surface area contributed by atoms with Gasteiger partial charge < -0.3 is 31.2 Å². The molecule has 0 aliphatic carbocycles. The van der Waals surface area contributed by atoms with Crippen LogP contribution < -0.4 is 6.15 Å². The Hall–Kier alpha value is 0.986. The monoisotopic (exact) mass is 221 g/mol. The van der Waals surface area contributed by atoms with E-state index in [2.05, 4.69) is 0 Å². The smallest absolute Gasteiger partial charge is 0.412 e. The maximum absolute atomic E-state index is 9.91. The zero-order valence-electron chi connectivity index (χ0n) is 5.41. The molecule has 8 nitrogen and oxygen atoms in total. The first-order chi connectivity index (χ1) is 3.71. The molecule has 0 aromatic carbocycles. The van der Waals surface area contributed by atoms with Crippen LogP contribution >= 0.6 is 10.8 Å². The molecule has 0 aromatic heterocycles. The van der Waals surface area contributed by atoms with E-state index in [4.69, 9.17) is 19.6 Å². The highest BCUT2D eigenvalue weighted by molar-refractivity contribution is 8.11. The zero-order chi connectivity index (χ0) is 7.71. The van der Waals surface area contributed by atoms with Crippen LogP contribution in [-0.4, -0.2) is 44.3 Å². The Kier molecular flexibility index (Phi) is 9.12. The Morgan fingerprint density at radius 2 is 1.09 bits per heavy atom. The SMILES string of the molecule is N.O.O=[P](O)(O)[Mg][P](=O)(O)O. The van der Waals surface area contributed by atoms with Gasteiger partial charge in [0.15, 0.2) is 10.8 Å². The minimum Gasteiger partial charge on any atom is -0.412 e. The lowest BCUT2D eigenvalue weighted by Gasteiger charge is -2.02. The average Bonchev–Trinajstić information content (AvgIpc) is 1.14. The van der Waals surface area contributed by atoms with Gasteiger partial charge in [0.2, 0.25) is 0 Å². The van der Waals surface area contributed by atoms with Gasteiger partial charge >= 0.3 is 19.3 Å². The van der Waals surface area contributed by atoms with Crippen molar-refractivity contribution < 1.29 is 34.2 Å². The van der Waals surface area contributed by atoms with Gasteiger partial charge in [0.25, 0.3) is 0 Å². The second kappa shape index (κ2) is 5.60. The number of hydrogen-bond donors (Lipinski definition) is 5. The van der Waals surface area contributed by atoms with Gasteiger partial charge in [-0.2, -0.15) is 0 Å². The normalized spacial score (nSPS) is 10.5. The van der Waals surface area contributed by atoms with E-state index in [0.717, 1.165) is 0 Å². The minimum atomic E-state index is -4.41. The van der Waals surface area contributed by atoms with Gasteiger partial charge in [-0.1, -0.05) is 0 Å². The van der Waals surface area contributed by atoms with Crippen molar-refractivity contribution in [3.63, 3.8) is 0 Å². The van der Waals surface area contributed by atoms with Crippen LogP contribution in [0.3, 0.4) is 0 Å². The summed E-state index contributed by atoms with van der Waals surface area (Å²) in [5, 5.41) is -8.82. The van der Waals surface area contributed by atoms with Gasteiger partial charge in [-0.15, -0.1) is 0 Å². The van der Waals surface area contributed by atoms with Crippen LogP contribution in [0.4, 0.5) is 0 Å². The van der Waals surface area contributed by atoms with Crippen molar-refractivity contribution in [2.24, 2.45) is 0 Å². The fraction of sp³-hybridized carbons (Fsp3) is 0. The highest BCUT2D eigenvalue weighted by atomic mass is 31.4. The minimum absolute atomic E-state index is 0. The van der Waals surface area contributed by atoms with E-state index in [9.17, 15) is 9.13 Å². The summed E-state index contributed by atoms with van der Waals surface area (Å²) < 4.78 is 19.8. The highest BCUT2D eigenvalue weighted by Gasteiger charge is 2.36. The predicted octanol–water partition coefficient (Wildman–Crippen LogP) is -1.79. The van der Waals surface area contributed by atoms with Gasteiger partial charge in [0, 0.05) is 0 Å². The Morgan fingerprint density at radius 1 is 0.909 bits per heavy atom. The molecular formula is H9MgNO7P2. The molecule has 0 radical (unpaired) electrons. The molecule has 0 rings (SSSR count). The molecule has 0 aliphatic heterocycles. The molecule has 0 bridgehead atoms. The standard InChI is InChI=1S/Mg.H3N.2HO3P.H2O/c;;2*1-4(2)3;/h;1H3;2*(H-,1,2,3);1H2/q-2;;;;/p+2. The molecule has 9 N–H and O–H groups in total. The van der Waals surface area contributed by atoms with Crippen LogP contribution in [0.5, 0.6) is 0 Å². The van der Waals surface area contributed by atoms with Crippen LogP contribution in [0.15, 0.2) is 0 Å². The van der Waals surface area contributed by atoms with Crippen molar-refractivity contribution in [3.05, 3.63) is 0 Å². The molecule has 0 saturated carbocycles. The molecule has 0 aromatic rings. The number of hydrogen-bond acceptors (Lipinski definition) is 3. The third-order valence-corrected chi connectivity index (χ3v) is 9.95. The fourth-order valence-corrected chi connectivity index (χ4v) is 6.48. The fourth-order valence-electron chi connectivity index (χ4n) is 0.240. The van der Waals surface area contributed by atoms with E-state index < -0.39 is 30.1 Å². The van der Waals surface area contributed by atoms with Crippen molar-refractivity contribution in [2.45, 2.75) is 0 Å². The molecule has 0 heterocycles. The van der Waals surface area contributed by atoms with E-state index in [-0.39, 0.29) is 11.6 Å². The van der Waals surface area contributed by atoms with E-state index >= 15 is 0 Å². The maximum Gasteiger partial charge on any atom is 0.730 e. The van der Waals surface area contributed by atoms with E-state index in [1.807, 2.05) is 0 Å². The lowest BCUT2D eigenvalue weighted by Crippen LogP contribution is -1.93. The second-order valence-corrected chi connectivity index (χ2v) is 12.7. The average molecular weight is 221 g/mol. The Morgan fingerprint density at radius 3 is 1.09 bits per heavy atom. The van der Waals surface area contributed by atoms with Gasteiger partial charge in [0.05, 0.1) is 0 Å². The third-order valence-electron chi connectivity index (χ3n) is 0.368. The molecule has 11 heavy (non-hydrogen) atoms. The molecule has 11 heteroatoms. The van der Waals surface area contributed by atoms with Gasteiger partial charge in [-0.3, -0.25) is 9.13 Å². The summed E-state index contributed by atoms with van der Waals surface area (Å²) in [7, 11) is 0. The predicted molar refractivity (Wildman–Crippen MR) is 38.5 cm³/mol. The van der Waals surface area contributed by atoms with Crippen LogP contribution in [-0.2, 0) is 9.13 Å². The molecule has 68 valence electrons. The summed E-state index contributed by atoms with van der Waals surface area (Å²) in [6.45, 7) is 0. The lowest BCUT2D eigenvalue weighted by molar-refractivity contribution is 0.386. The van der Waals surface area contributed by atoms with Crippen molar-refractivity contribution in [2.75, 3.05) is 0 Å². The zero-order valence-corrected chi connectivity index (χ0v) is 8.62. The Labute approximate surface area is 70.7 Å². The topological polar surface area (TPSA) is 182 Å². The van der Waals surface area contributed by atoms with Crippen molar-refractivity contribution >= 4 is 30.1 Å². The summed E-state index contributed by atoms with van der Waals surface area (Å²) >= 11 is -2.58. The largest absolute Gasteiger partial charge is 0.730 e. The lowest BCUT2D eigenvalue weighted by atomic mass is 14.0. The first kappa shape index (κ1) is 17.9. The third kappa shape index (κ3) is 18.2. The van der Waals surface area contributed by atoms with Crippen molar-refractivity contribution in [1.82, 2.24) is 6.15 Å². The quantitative estimate of drug-likeness (QED) is 0.269. The van der Waals surface area contributed by atoms with Crippen LogP contribution in [0.25, 0.3) is 0 Å². The van der Waals surface area contributed by atoms with E-state index in [0.29, 0.717) is 0 Å². The summed E-state index contributed by atoms with van der Waals surface area (Å²) in [6.07, 6.45) is 0. The highest BCUT2D eigenvalue weighted by Crippen LogP contribution is 2.48. The molecule has 0 amide bonds. The van der Waals surface area contributed by atoms with E-state index in [1.54, 1.807) is 0 Å². The second-order valence-electron chi connectivity index (χ2n) is 1.47. The molecular weight excluding hydrogens is 212 g/mol. The van der Waals surface area contributed by atoms with Gasteiger partial charge in [0.1, 0.15) is 0 Å². The maximum atomic E-state index is 9.91. The van der Waals surface area contributed by atoms with Gasteiger partial charge in [-0.05, 0) is 0 Å². The number of rotatable bonds is 2. The van der Waals surface area contributed by atoms with Crippen LogP contribution in [0.2, 0.25) is 0 Å². The first-order valence-electron chi connectivity index (χ1n) is 1.80. The molecule has 0 fully saturated rings. The van der Waals surface area contributed by atoms with Crippen LogP contribution in [0, 0.1) is 0 Å². The van der Waals surface area contributed by atoms with Crippen LogP contribution in [0.1, 0.15) is 0 Å². The van der Waals surface area contributed by atoms with Crippen molar-refractivity contribution in [3.8, 4) is 0 Å². The Balaban J connectivity index is -0.000000320. The molecule has 0 aliphatic rings. The van der Waals surface area contributed by atoms with Crippen molar-refractivity contribution in [1.29, 1.82) is 0 Å². The Bertz CT molecular complexity index is 157. The first-order valence-corrected chi connectivity index (χ1v) is 9.19. The molecule has 0 unspecified atom stereocenters. The summed E-state index contributed by atoms with van der Waals surface area (Å²) in [4.78, 5) is 32.1. The summed E-state index contributed by atoms with van der Waals surface area (Å²) in [6, 6.07) is 0. The summed E-state index contributed by atoms with van der Waals surface area (Å²) in [5.74, 6) is 0. The van der Waals surface area contributed by atoms with E-state index in [1.165, 1.54) is 0 Å². The molecule has 0 saturated heterocycles. The molecule has 0 atom stereocenters. The van der Waals surface area contributed by atoms with Gasteiger partial charge in [-0.25, -0.2) is 0 Å². The molecule has 0 spiro atoms.